The van der Waals surface area contributed by atoms with Crippen LogP contribution in [0.25, 0.3) is 0 Å². The van der Waals surface area contributed by atoms with Crippen molar-refractivity contribution in [2.45, 2.75) is 57.9 Å². The van der Waals surface area contributed by atoms with Gasteiger partial charge in [0.15, 0.2) is 0 Å². The van der Waals surface area contributed by atoms with Crippen LogP contribution in [0.1, 0.15) is 77.9 Å². The molecule has 0 aromatic heterocycles. The Bertz CT molecular complexity index is 879. The molecule has 3 rings (SSSR count). The van der Waals surface area contributed by atoms with Gasteiger partial charge in [-0.1, -0.05) is 45.9 Å². The minimum Gasteiger partial charge on any atom is -0.478 e. The van der Waals surface area contributed by atoms with Gasteiger partial charge < -0.3 is 10.4 Å². The average Bonchev–Trinajstić information content (AvgIpc) is 2.63. The van der Waals surface area contributed by atoms with E-state index in [1.807, 2.05) is 0 Å². The fourth-order valence-electron chi connectivity index (χ4n) is 3.79. The van der Waals surface area contributed by atoms with E-state index >= 15 is 0 Å². The SMILES string of the molecule is CC1(C)CCC(C)(C)c2cc(CNC(=O)c3ccc(C(=O)O)cc3)ccc21. The highest BCUT2D eigenvalue weighted by molar-refractivity contribution is 5.95. The molecule has 1 aliphatic rings. The second-order valence-corrected chi connectivity index (χ2v) is 8.71. The maximum Gasteiger partial charge on any atom is 0.335 e. The van der Waals surface area contributed by atoms with Crippen LogP contribution in [-0.2, 0) is 17.4 Å². The first-order chi connectivity index (χ1) is 12.6. The first-order valence-electron chi connectivity index (χ1n) is 9.36. The molecule has 0 radical (unpaired) electrons. The Kier molecular flexibility index (Phi) is 4.85. The number of carboxylic acid groups (broad SMARTS) is 1. The van der Waals surface area contributed by atoms with Gasteiger partial charge in [0.1, 0.15) is 0 Å². The molecule has 2 aromatic rings. The summed E-state index contributed by atoms with van der Waals surface area (Å²) in [7, 11) is 0. The number of benzene rings is 2. The van der Waals surface area contributed by atoms with Gasteiger partial charge in [-0.3, -0.25) is 4.79 Å². The normalized spacial score (nSPS) is 17.0. The lowest BCUT2D eigenvalue weighted by atomic mass is 9.63. The number of aromatic carboxylic acids is 1. The van der Waals surface area contributed by atoms with Crippen molar-refractivity contribution in [1.29, 1.82) is 0 Å². The van der Waals surface area contributed by atoms with Crippen LogP contribution >= 0.6 is 0 Å². The third-order valence-corrected chi connectivity index (χ3v) is 5.76. The van der Waals surface area contributed by atoms with Crippen molar-refractivity contribution < 1.29 is 14.7 Å². The molecule has 0 bridgehead atoms. The summed E-state index contributed by atoms with van der Waals surface area (Å²) in [6, 6.07) is 12.5. The maximum absolute atomic E-state index is 12.4. The summed E-state index contributed by atoms with van der Waals surface area (Å²) in [6.07, 6.45) is 2.33. The zero-order valence-electron chi connectivity index (χ0n) is 16.4. The van der Waals surface area contributed by atoms with Gasteiger partial charge in [-0.25, -0.2) is 4.79 Å². The molecule has 0 atom stereocenters. The molecule has 1 aliphatic carbocycles. The summed E-state index contributed by atoms with van der Waals surface area (Å²) < 4.78 is 0. The highest BCUT2D eigenvalue weighted by atomic mass is 16.4. The smallest absolute Gasteiger partial charge is 0.335 e. The van der Waals surface area contributed by atoms with Gasteiger partial charge in [0.2, 0.25) is 0 Å². The zero-order valence-corrected chi connectivity index (χ0v) is 16.4. The molecular formula is C23H27NO3. The van der Waals surface area contributed by atoms with E-state index < -0.39 is 5.97 Å². The Morgan fingerprint density at radius 3 is 2.04 bits per heavy atom. The van der Waals surface area contributed by atoms with Crippen LogP contribution in [0.3, 0.4) is 0 Å². The van der Waals surface area contributed by atoms with Crippen molar-refractivity contribution in [3.63, 3.8) is 0 Å². The Morgan fingerprint density at radius 2 is 1.44 bits per heavy atom. The van der Waals surface area contributed by atoms with Crippen molar-refractivity contribution in [3.8, 4) is 0 Å². The quantitative estimate of drug-likeness (QED) is 0.828. The van der Waals surface area contributed by atoms with Gasteiger partial charge in [0, 0.05) is 12.1 Å². The number of carbonyl (C=O) groups is 2. The highest BCUT2D eigenvalue weighted by Gasteiger charge is 2.36. The maximum atomic E-state index is 12.4. The van der Waals surface area contributed by atoms with E-state index in [1.54, 1.807) is 0 Å². The number of hydrogen-bond acceptors (Lipinski definition) is 2. The largest absolute Gasteiger partial charge is 0.478 e. The Hall–Kier alpha value is -2.62. The lowest BCUT2D eigenvalue weighted by molar-refractivity contribution is 0.0696. The summed E-state index contributed by atoms with van der Waals surface area (Å²) in [6.45, 7) is 9.61. The first kappa shape index (κ1) is 19.2. The number of amides is 1. The van der Waals surface area contributed by atoms with Crippen LogP contribution in [0.2, 0.25) is 0 Å². The molecule has 4 heteroatoms. The van der Waals surface area contributed by atoms with Crippen LogP contribution in [0.5, 0.6) is 0 Å². The standard InChI is InChI=1S/C23H27NO3/c1-22(2)11-12-23(3,4)19-13-15(5-10-18(19)22)14-24-20(25)16-6-8-17(9-7-16)21(26)27/h5-10,13H,11-12,14H2,1-4H3,(H,24,25)(H,26,27). The second-order valence-electron chi connectivity index (χ2n) is 8.71. The van der Waals surface area contributed by atoms with E-state index in [0.717, 1.165) is 12.0 Å². The summed E-state index contributed by atoms with van der Waals surface area (Å²) in [5.74, 6) is -1.20. The third-order valence-electron chi connectivity index (χ3n) is 5.76. The molecule has 1 amide bonds. The molecule has 2 N–H and O–H groups in total. The predicted molar refractivity (Wildman–Crippen MR) is 106 cm³/mol. The first-order valence-corrected chi connectivity index (χ1v) is 9.36. The van der Waals surface area contributed by atoms with Crippen molar-refractivity contribution in [2.24, 2.45) is 0 Å². The average molecular weight is 365 g/mol. The summed E-state index contributed by atoms with van der Waals surface area (Å²) >= 11 is 0. The Morgan fingerprint density at radius 1 is 0.889 bits per heavy atom. The molecule has 0 saturated heterocycles. The third kappa shape index (κ3) is 3.90. The summed E-state index contributed by atoms with van der Waals surface area (Å²) in [5.41, 5.74) is 4.80. The number of nitrogens with one attached hydrogen (secondary N) is 1. The lowest BCUT2D eigenvalue weighted by Gasteiger charge is -2.42. The zero-order chi connectivity index (χ0) is 19.8. The lowest BCUT2D eigenvalue weighted by Crippen LogP contribution is -2.34. The number of hydrogen-bond donors (Lipinski definition) is 2. The molecule has 0 heterocycles. The fourth-order valence-corrected chi connectivity index (χ4v) is 3.79. The second kappa shape index (κ2) is 6.84. The van der Waals surface area contributed by atoms with Crippen LogP contribution in [0, 0.1) is 0 Å². The van der Waals surface area contributed by atoms with E-state index in [9.17, 15) is 9.59 Å². The van der Waals surface area contributed by atoms with Crippen molar-refractivity contribution in [1.82, 2.24) is 5.32 Å². The van der Waals surface area contributed by atoms with E-state index in [0.29, 0.717) is 12.1 Å². The Balaban J connectivity index is 1.75. The summed E-state index contributed by atoms with van der Waals surface area (Å²) in [5, 5.41) is 11.9. The Labute approximate surface area is 160 Å². The van der Waals surface area contributed by atoms with Crippen LogP contribution in [-0.4, -0.2) is 17.0 Å². The molecular weight excluding hydrogens is 338 g/mol. The number of carbonyl (C=O) groups excluding carboxylic acids is 1. The molecule has 142 valence electrons. The van der Waals surface area contributed by atoms with E-state index in [2.05, 4.69) is 51.2 Å². The molecule has 4 nitrogen and oxygen atoms in total. The van der Waals surface area contributed by atoms with Gasteiger partial charge >= 0.3 is 5.97 Å². The van der Waals surface area contributed by atoms with Crippen LogP contribution in [0.4, 0.5) is 0 Å². The van der Waals surface area contributed by atoms with Crippen LogP contribution in [0.15, 0.2) is 42.5 Å². The van der Waals surface area contributed by atoms with Gasteiger partial charge in [-0.2, -0.15) is 0 Å². The van der Waals surface area contributed by atoms with E-state index in [4.69, 9.17) is 5.11 Å². The molecule has 0 unspecified atom stereocenters. The number of rotatable bonds is 4. The van der Waals surface area contributed by atoms with Gasteiger partial charge in [-0.05, 0) is 64.6 Å². The topological polar surface area (TPSA) is 66.4 Å². The van der Waals surface area contributed by atoms with Crippen molar-refractivity contribution in [3.05, 3.63) is 70.3 Å². The molecule has 2 aromatic carbocycles. The minimum atomic E-state index is -0.999. The molecule has 27 heavy (non-hydrogen) atoms. The van der Waals surface area contributed by atoms with Gasteiger partial charge in [0.25, 0.3) is 5.91 Å². The summed E-state index contributed by atoms with van der Waals surface area (Å²) in [4.78, 5) is 23.3. The molecule has 0 saturated carbocycles. The number of carboxylic acids is 1. The monoisotopic (exact) mass is 365 g/mol. The molecule has 0 spiro atoms. The number of fused-ring (bicyclic) bond motifs is 1. The molecule has 0 aliphatic heterocycles. The van der Waals surface area contributed by atoms with E-state index in [1.165, 1.54) is 41.8 Å². The van der Waals surface area contributed by atoms with Crippen molar-refractivity contribution in [2.75, 3.05) is 0 Å². The molecule has 0 fully saturated rings. The fraction of sp³-hybridized carbons (Fsp3) is 0.391. The van der Waals surface area contributed by atoms with Gasteiger partial charge in [0.05, 0.1) is 5.56 Å². The van der Waals surface area contributed by atoms with Gasteiger partial charge in [-0.15, -0.1) is 0 Å². The predicted octanol–water partition coefficient (Wildman–Crippen LogP) is 4.66. The van der Waals surface area contributed by atoms with E-state index in [-0.39, 0.29) is 22.3 Å². The minimum absolute atomic E-state index is 0.136. The highest BCUT2D eigenvalue weighted by Crippen LogP contribution is 2.45. The van der Waals surface area contributed by atoms with Crippen LogP contribution < -0.4 is 5.32 Å². The van der Waals surface area contributed by atoms with Crippen molar-refractivity contribution >= 4 is 11.9 Å².